The Bertz CT molecular complexity index is 1810. The van der Waals surface area contributed by atoms with Crippen molar-refractivity contribution in [2.45, 2.75) is 110 Å². The van der Waals surface area contributed by atoms with Crippen molar-refractivity contribution >= 4 is 11.7 Å². The van der Waals surface area contributed by atoms with E-state index >= 15 is 0 Å². The third kappa shape index (κ3) is 11.0. The summed E-state index contributed by atoms with van der Waals surface area (Å²) in [5.74, 6) is -5.64. The van der Waals surface area contributed by atoms with Gasteiger partial charge in [-0.2, -0.15) is 0 Å². The first-order valence-corrected chi connectivity index (χ1v) is 19.1. The highest BCUT2D eigenvalue weighted by atomic mass is 16.7. The number of allylic oxidation sites excluding steroid dienone is 10. The maximum atomic E-state index is 13.3. The van der Waals surface area contributed by atoms with Crippen molar-refractivity contribution in [2.75, 3.05) is 13.7 Å². The average Bonchev–Trinajstić information content (AvgIpc) is 3.45. The van der Waals surface area contributed by atoms with Crippen LogP contribution in [0.2, 0.25) is 0 Å². The van der Waals surface area contributed by atoms with Crippen LogP contribution in [0, 0.1) is 17.3 Å². The number of pyridine rings is 1. The molecule has 0 saturated carbocycles. The Morgan fingerprint density at radius 3 is 2.32 bits per heavy atom. The van der Waals surface area contributed by atoms with Crippen molar-refractivity contribution in [3.8, 4) is 5.88 Å². The lowest BCUT2D eigenvalue weighted by molar-refractivity contribution is -0.359. The minimum absolute atomic E-state index is 0.0817. The number of H-pyrrole nitrogens is 1. The van der Waals surface area contributed by atoms with E-state index in [1.807, 2.05) is 26.8 Å². The molecule has 3 heterocycles. The van der Waals surface area contributed by atoms with Crippen LogP contribution in [-0.4, -0.2) is 116 Å². The molecule has 1 amide bonds. The summed E-state index contributed by atoms with van der Waals surface area (Å²) in [5.41, 5.74) is -0.922. The van der Waals surface area contributed by atoms with Crippen LogP contribution >= 0.6 is 0 Å². The van der Waals surface area contributed by atoms with Gasteiger partial charge in [0.2, 0.25) is 17.6 Å². The summed E-state index contributed by atoms with van der Waals surface area (Å²) in [6.45, 7) is 12.2. The number of aliphatic hydroxyl groups excluding tert-OH is 4. The minimum Gasteiger partial charge on any atom is -0.494 e. The lowest BCUT2D eigenvalue weighted by Gasteiger charge is -2.53. The number of ether oxygens (including phenoxy) is 3. The number of hydrogen-bond acceptors (Lipinski definition) is 12. The summed E-state index contributed by atoms with van der Waals surface area (Å²) in [5, 5.41) is 67.7. The Labute approximate surface area is 334 Å². The van der Waals surface area contributed by atoms with Gasteiger partial charge in [0, 0.05) is 37.3 Å². The molecular weight excluding hydrogens is 736 g/mol. The van der Waals surface area contributed by atoms with Gasteiger partial charge in [-0.25, -0.2) is 0 Å². The van der Waals surface area contributed by atoms with E-state index in [0.717, 1.165) is 11.6 Å². The van der Waals surface area contributed by atoms with E-state index in [1.54, 1.807) is 81.5 Å². The lowest BCUT2D eigenvalue weighted by atomic mass is 9.71. The fourth-order valence-corrected chi connectivity index (χ4v) is 7.12. The predicted octanol–water partition coefficient (Wildman–Crippen LogP) is 3.07. The number of ketones is 1. The SMILES string of the molecule is C/C=C/C=C/[C@@H]1O[C@](O)(C(CC)C(=O)NC/C=C/C=C(\C)C(OC)C(C)[C@@H]2O[C@H](/C=C/C=C/C=C(\C)C(=O)c3c(O)[nH]ccc3=O)[C@H](O)[C@@H]2O)[C@H](O)[C@H](O)C1(C)C. The van der Waals surface area contributed by atoms with Crippen LogP contribution in [0.3, 0.4) is 0 Å². The molecule has 2 saturated heterocycles. The monoisotopic (exact) mass is 796 g/mol. The van der Waals surface area contributed by atoms with E-state index < -0.39 is 94.9 Å². The number of aromatic nitrogens is 1. The van der Waals surface area contributed by atoms with Gasteiger partial charge in [0.25, 0.3) is 0 Å². The number of aromatic hydroxyl groups is 1. The molecule has 0 bridgehead atoms. The molecule has 8 N–H and O–H groups in total. The maximum absolute atomic E-state index is 13.3. The van der Waals surface area contributed by atoms with Gasteiger partial charge in [-0.1, -0.05) is 101 Å². The summed E-state index contributed by atoms with van der Waals surface area (Å²) >= 11 is 0. The Morgan fingerprint density at radius 2 is 1.68 bits per heavy atom. The lowest BCUT2D eigenvalue weighted by Crippen LogP contribution is -2.69. The van der Waals surface area contributed by atoms with Crippen LogP contribution < -0.4 is 10.7 Å². The second kappa shape index (κ2) is 21.0. The van der Waals surface area contributed by atoms with E-state index in [-0.39, 0.29) is 24.1 Å². The molecule has 14 heteroatoms. The molecule has 2 aliphatic heterocycles. The van der Waals surface area contributed by atoms with E-state index in [0.29, 0.717) is 0 Å². The van der Waals surface area contributed by atoms with Gasteiger partial charge in [0.05, 0.1) is 30.3 Å². The van der Waals surface area contributed by atoms with Gasteiger partial charge in [-0.3, -0.25) is 14.4 Å². The zero-order valence-corrected chi connectivity index (χ0v) is 33.9. The molecule has 2 fully saturated rings. The normalized spacial score (nSPS) is 30.2. The van der Waals surface area contributed by atoms with E-state index in [2.05, 4.69) is 10.3 Å². The highest BCUT2D eigenvalue weighted by Crippen LogP contribution is 2.44. The molecule has 0 aromatic carbocycles. The van der Waals surface area contributed by atoms with Crippen LogP contribution in [-0.2, 0) is 19.0 Å². The summed E-state index contributed by atoms with van der Waals surface area (Å²) in [6.07, 6.45) is 12.8. The van der Waals surface area contributed by atoms with E-state index in [9.17, 15) is 45.0 Å². The number of hydrogen-bond donors (Lipinski definition) is 8. The second-order valence-electron chi connectivity index (χ2n) is 15.0. The number of carbonyl (C=O) groups excluding carboxylic acids is 2. The highest BCUT2D eigenvalue weighted by molar-refractivity contribution is 6.09. The van der Waals surface area contributed by atoms with Crippen LogP contribution in [0.5, 0.6) is 5.88 Å². The topological polar surface area (TPSA) is 228 Å². The Morgan fingerprint density at radius 1 is 1.00 bits per heavy atom. The molecular formula is C43H60N2O12. The molecule has 3 rings (SSSR count). The first kappa shape index (κ1) is 47.1. The number of amides is 1. The van der Waals surface area contributed by atoms with Crippen LogP contribution in [0.4, 0.5) is 0 Å². The number of Topliss-reactive ketones (excluding diaryl/α,β-unsaturated/α-hetero) is 1. The maximum Gasteiger partial charge on any atom is 0.228 e. The molecule has 2 aliphatic rings. The van der Waals surface area contributed by atoms with Crippen LogP contribution in [0.1, 0.15) is 65.2 Å². The number of aromatic amines is 1. The summed E-state index contributed by atoms with van der Waals surface area (Å²) in [7, 11) is 1.52. The molecule has 1 aromatic heterocycles. The van der Waals surface area contributed by atoms with Gasteiger partial charge in [-0.15, -0.1) is 0 Å². The van der Waals surface area contributed by atoms with E-state index in [4.69, 9.17) is 14.2 Å². The summed E-state index contributed by atoms with van der Waals surface area (Å²) in [6, 6.07) is 1.15. The molecule has 0 spiro atoms. The number of carbonyl (C=O) groups is 2. The van der Waals surface area contributed by atoms with Crippen molar-refractivity contribution in [3.63, 3.8) is 0 Å². The third-order valence-corrected chi connectivity index (χ3v) is 10.7. The Kier molecular flexibility index (Phi) is 17.3. The highest BCUT2D eigenvalue weighted by Gasteiger charge is 2.60. The Hall–Kier alpha value is -4.25. The zero-order chi connectivity index (χ0) is 42.7. The first-order chi connectivity index (χ1) is 26.9. The molecule has 11 atom stereocenters. The standard InChI is InChI=1S/C43H60N2O12/c1-9-11-13-21-31-42(6,7)38(50)39(51)43(54,57-31)28(10-2)40(52)44-23-17-16-19-26(4)36(55-8)27(5)37-35(49)34(48)30(56-37)20-15-12-14-18-25(3)33(47)32-29(46)22-24-45-41(32)53/h9,11-22,24,27-28,30-31,34-39,48-51,54H,10,23H2,1-8H3,(H,44,52)(H2,45,46,53)/b11-9+,14-12+,17-16+,20-15+,21-13+,25-18+,26-19+/t27?,28?,30-,31+,34+,35+,36?,37+,38+,39-,43-/m1/s1. The quantitative estimate of drug-likeness (QED) is 0.0647. The molecule has 314 valence electrons. The van der Waals surface area contributed by atoms with Gasteiger partial charge >= 0.3 is 0 Å². The van der Waals surface area contributed by atoms with Gasteiger partial charge in [0.15, 0.2) is 11.2 Å². The zero-order valence-electron chi connectivity index (χ0n) is 33.9. The third-order valence-electron chi connectivity index (χ3n) is 10.7. The minimum atomic E-state index is -2.34. The van der Waals surface area contributed by atoms with Gasteiger partial charge < -0.3 is 55.2 Å². The fraction of sp³-hybridized carbons (Fsp3) is 0.512. The number of rotatable bonds is 17. The fourth-order valence-electron chi connectivity index (χ4n) is 7.12. The average molecular weight is 797 g/mol. The molecule has 0 aliphatic carbocycles. The molecule has 14 nitrogen and oxygen atoms in total. The Balaban J connectivity index is 1.60. The molecule has 1 aromatic rings. The van der Waals surface area contributed by atoms with Crippen molar-refractivity contribution in [2.24, 2.45) is 17.3 Å². The summed E-state index contributed by atoms with van der Waals surface area (Å²) < 4.78 is 17.8. The second-order valence-corrected chi connectivity index (χ2v) is 15.0. The van der Waals surface area contributed by atoms with Crippen LogP contribution in [0.15, 0.2) is 101 Å². The number of methoxy groups -OCH3 is 1. The first-order valence-electron chi connectivity index (χ1n) is 19.1. The largest absolute Gasteiger partial charge is 0.494 e. The predicted molar refractivity (Wildman–Crippen MR) is 215 cm³/mol. The van der Waals surface area contributed by atoms with Gasteiger partial charge in [-0.05, 0) is 38.3 Å². The van der Waals surface area contributed by atoms with Crippen LogP contribution in [0.25, 0.3) is 0 Å². The van der Waals surface area contributed by atoms with Crippen molar-refractivity contribution in [1.82, 2.24) is 10.3 Å². The number of aliphatic hydroxyl groups is 5. The number of nitrogens with one attached hydrogen (secondary N) is 2. The molecule has 0 radical (unpaired) electrons. The van der Waals surface area contributed by atoms with Crippen molar-refractivity contribution in [1.29, 1.82) is 0 Å². The molecule has 57 heavy (non-hydrogen) atoms. The molecule has 3 unspecified atom stereocenters. The van der Waals surface area contributed by atoms with Gasteiger partial charge in [0.1, 0.15) is 30.0 Å². The smallest absolute Gasteiger partial charge is 0.228 e. The van der Waals surface area contributed by atoms with Crippen molar-refractivity contribution in [3.05, 3.63) is 112 Å². The van der Waals surface area contributed by atoms with E-state index in [1.165, 1.54) is 26.3 Å². The van der Waals surface area contributed by atoms with Crippen molar-refractivity contribution < 1.29 is 54.4 Å². The summed E-state index contributed by atoms with van der Waals surface area (Å²) in [4.78, 5) is 40.3.